The Balaban J connectivity index is 1.58. The second-order valence-electron chi connectivity index (χ2n) is 8.71. The minimum Gasteiger partial charge on any atom is -0.393 e. The molecule has 0 aromatic heterocycles. The summed E-state index contributed by atoms with van der Waals surface area (Å²) in [5.41, 5.74) is 2.31. The summed E-state index contributed by atoms with van der Waals surface area (Å²) in [7, 11) is 0. The first-order valence-electron chi connectivity index (χ1n) is 9.47. The van der Waals surface area contributed by atoms with Crippen LogP contribution in [0.1, 0.15) is 71.6 Å². The Kier molecular flexibility index (Phi) is 3.48. The number of aliphatic hydroxyl groups is 1. The van der Waals surface area contributed by atoms with Gasteiger partial charge in [-0.3, -0.25) is 0 Å². The molecule has 0 aliphatic heterocycles. The van der Waals surface area contributed by atoms with E-state index in [4.69, 9.17) is 0 Å². The Morgan fingerprint density at radius 2 is 1.81 bits per heavy atom. The van der Waals surface area contributed by atoms with Crippen molar-refractivity contribution in [2.75, 3.05) is 0 Å². The predicted molar refractivity (Wildman–Crippen MR) is 86.9 cm³/mol. The van der Waals surface area contributed by atoms with Gasteiger partial charge in [-0.25, -0.2) is 0 Å². The average molecular weight is 288 g/mol. The number of aliphatic hydroxyl groups excluding tert-OH is 1. The summed E-state index contributed by atoms with van der Waals surface area (Å²) in [6.45, 7) is 4.83. The second kappa shape index (κ2) is 5.11. The third kappa shape index (κ3) is 2.06. The van der Waals surface area contributed by atoms with E-state index in [1.807, 2.05) is 0 Å². The molecular formula is C20H32O. The lowest BCUT2D eigenvalue weighted by molar-refractivity contribution is -0.0610. The maximum Gasteiger partial charge on any atom is 0.0543 e. The van der Waals surface area contributed by atoms with Crippen molar-refractivity contribution in [3.05, 3.63) is 11.6 Å². The van der Waals surface area contributed by atoms with Crippen molar-refractivity contribution in [3.63, 3.8) is 0 Å². The molecule has 0 heterocycles. The van der Waals surface area contributed by atoms with Crippen molar-refractivity contribution in [3.8, 4) is 0 Å². The average Bonchev–Trinajstić information content (AvgIpc) is 2.83. The molecule has 0 spiro atoms. The fourth-order valence-electron chi connectivity index (χ4n) is 7.15. The van der Waals surface area contributed by atoms with E-state index < -0.39 is 0 Å². The summed E-state index contributed by atoms with van der Waals surface area (Å²) in [4.78, 5) is 0. The van der Waals surface area contributed by atoms with Crippen LogP contribution in [0.3, 0.4) is 0 Å². The minimum absolute atomic E-state index is 0.0118. The second-order valence-corrected chi connectivity index (χ2v) is 8.71. The highest BCUT2D eigenvalue weighted by Crippen LogP contribution is 2.63. The van der Waals surface area contributed by atoms with E-state index >= 15 is 0 Å². The van der Waals surface area contributed by atoms with Gasteiger partial charge in [0.25, 0.3) is 0 Å². The lowest BCUT2D eigenvalue weighted by Gasteiger charge is -2.55. The van der Waals surface area contributed by atoms with Crippen molar-refractivity contribution in [1.29, 1.82) is 0 Å². The van der Waals surface area contributed by atoms with E-state index in [1.54, 1.807) is 5.57 Å². The zero-order valence-corrected chi connectivity index (χ0v) is 13.9. The van der Waals surface area contributed by atoms with Gasteiger partial charge in [-0.15, -0.1) is 0 Å². The molecule has 118 valence electrons. The Morgan fingerprint density at radius 3 is 2.62 bits per heavy atom. The smallest absolute Gasteiger partial charge is 0.0543 e. The van der Waals surface area contributed by atoms with Crippen molar-refractivity contribution < 1.29 is 5.11 Å². The lowest BCUT2D eigenvalue weighted by atomic mass is 9.50. The van der Waals surface area contributed by atoms with Crippen LogP contribution in [0.2, 0.25) is 0 Å². The molecule has 4 aliphatic carbocycles. The Bertz CT molecular complexity index is 439. The monoisotopic (exact) mass is 288 g/mol. The number of hydrogen-bond donors (Lipinski definition) is 1. The van der Waals surface area contributed by atoms with E-state index in [9.17, 15) is 5.11 Å². The Labute approximate surface area is 130 Å². The van der Waals surface area contributed by atoms with E-state index in [2.05, 4.69) is 19.9 Å². The molecule has 0 aromatic carbocycles. The van der Waals surface area contributed by atoms with Gasteiger partial charge in [0.1, 0.15) is 0 Å². The number of fused-ring (bicyclic) bond motifs is 5. The van der Waals surface area contributed by atoms with Gasteiger partial charge >= 0.3 is 0 Å². The maximum atomic E-state index is 9.99. The first-order valence-corrected chi connectivity index (χ1v) is 9.47. The molecule has 4 unspecified atom stereocenters. The first kappa shape index (κ1) is 14.3. The molecule has 1 N–H and O–H groups in total. The van der Waals surface area contributed by atoms with Crippen LogP contribution in [-0.4, -0.2) is 11.2 Å². The maximum absolute atomic E-state index is 9.99. The summed E-state index contributed by atoms with van der Waals surface area (Å²) >= 11 is 0. The SMILES string of the molecule is C/C=C1\CCC2[C@@H]3CCC4C[C@@H](O)CCC4C3CC[C@]12C. The number of rotatable bonds is 0. The number of hydrogen-bond acceptors (Lipinski definition) is 1. The van der Waals surface area contributed by atoms with Gasteiger partial charge in [0, 0.05) is 0 Å². The van der Waals surface area contributed by atoms with Crippen LogP contribution in [-0.2, 0) is 0 Å². The van der Waals surface area contributed by atoms with Crippen LogP contribution in [0, 0.1) is 35.0 Å². The van der Waals surface area contributed by atoms with Crippen molar-refractivity contribution in [1.82, 2.24) is 0 Å². The molecule has 21 heavy (non-hydrogen) atoms. The summed E-state index contributed by atoms with van der Waals surface area (Å²) in [6.07, 6.45) is 14.5. The molecule has 0 bridgehead atoms. The molecule has 0 saturated heterocycles. The highest BCUT2D eigenvalue weighted by molar-refractivity contribution is 5.23. The highest BCUT2D eigenvalue weighted by atomic mass is 16.3. The zero-order chi connectivity index (χ0) is 14.6. The van der Waals surface area contributed by atoms with Crippen molar-refractivity contribution >= 4 is 0 Å². The highest BCUT2D eigenvalue weighted by Gasteiger charge is 2.54. The van der Waals surface area contributed by atoms with Gasteiger partial charge in [-0.1, -0.05) is 18.6 Å². The van der Waals surface area contributed by atoms with Crippen LogP contribution in [0.5, 0.6) is 0 Å². The summed E-state index contributed by atoms with van der Waals surface area (Å²) < 4.78 is 0. The quantitative estimate of drug-likeness (QED) is 0.626. The topological polar surface area (TPSA) is 20.2 Å². The predicted octanol–water partition coefficient (Wildman–Crippen LogP) is 4.95. The minimum atomic E-state index is 0.0118. The fraction of sp³-hybridized carbons (Fsp3) is 0.900. The molecule has 4 aliphatic rings. The molecule has 1 heteroatoms. The van der Waals surface area contributed by atoms with Crippen LogP contribution in [0.4, 0.5) is 0 Å². The summed E-state index contributed by atoms with van der Waals surface area (Å²) in [6, 6.07) is 0. The molecular weight excluding hydrogens is 256 g/mol. The summed E-state index contributed by atoms with van der Waals surface area (Å²) in [5.74, 6) is 4.76. The van der Waals surface area contributed by atoms with Gasteiger partial charge in [0.2, 0.25) is 0 Å². The van der Waals surface area contributed by atoms with Crippen LogP contribution < -0.4 is 0 Å². The third-order valence-electron chi connectivity index (χ3n) is 8.12. The standard InChI is InChI=1S/C20H32O/c1-3-14-5-9-19-18-7-4-13-12-15(21)6-8-16(13)17(18)10-11-20(14,19)2/h3,13,15-19,21H,4-12H2,1-2H3/b14-3+/t13?,15-,16?,17?,18+,19?,20+/m0/s1. The van der Waals surface area contributed by atoms with E-state index in [1.165, 1.54) is 44.9 Å². The molecule has 4 saturated carbocycles. The van der Waals surface area contributed by atoms with Gasteiger partial charge < -0.3 is 5.11 Å². The van der Waals surface area contributed by atoms with Gasteiger partial charge in [-0.05, 0) is 99.7 Å². The lowest BCUT2D eigenvalue weighted by Crippen LogP contribution is -2.48. The normalized spacial score (nSPS) is 54.9. The van der Waals surface area contributed by atoms with Gasteiger partial charge in [-0.2, -0.15) is 0 Å². The van der Waals surface area contributed by atoms with Crippen molar-refractivity contribution in [2.45, 2.75) is 77.7 Å². The largest absolute Gasteiger partial charge is 0.393 e. The van der Waals surface area contributed by atoms with Gasteiger partial charge in [0.05, 0.1) is 6.10 Å². The molecule has 7 atom stereocenters. The molecule has 4 rings (SSSR count). The Morgan fingerprint density at radius 1 is 1.00 bits per heavy atom. The third-order valence-corrected chi connectivity index (χ3v) is 8.12. The van der Waals surface area contributed by atoms with E-state index in [0.717, 1.165) is 42.4 Å². The number of allylic oxidation sites excluding steroid dienone is 2. The van der Waals surface area contributed by atoms with Crippen LogP contribution in [0.15, 0.2) is 11.6 Å². The van der Waals surface area contributed by atoms with Crippen molar-refractivity contribution in [2.24, 2.45) is 35.0 Å². The van der Waals surface area contributed by atoms with Crippen LogP contribution >= 0.6 is 0 Å². The Hall–Kier alpha value is -0.300. The fourth-order valence-corrected chi connectivity index (χ4v) is 7.15. The molecule has 0 aromatic rings. The van der Waals surface area contributed by atoms with Gasteiger partial charge in [0.15, 0.2) is 0 Å². The van der Waals surface area contributed by atoms with E-state index in [0.29, 0.717) is 5.41 Å². The molecule has 0 radical (unpaired) electrons. The van der Waals surface area contributed by atoms with Crippen LogP contribution in [0.25, 0.3) is 0 Å². The molecule has 4 fully saturated rings. The molecule has 0 amide bonds. The molecule has 1 nitrogen and oxygen atoms in total. The zero-order valence-electron chi connectivity index (χ0n) is 13.9. The first-order chi connectivity index (χ1) is 10.1. The summed E-state index contributed by atoms with van der Waals surface area (Å²) in [5, 5.41) is 9.99. The van der Waals surface area contributed by atoms with E-state index in [-0.39, 0.29) is 6.10 Å².